The molecule has 0 radical (unpaired) electrons. The van der Waals surface area contributed by atoms with Crippen molar-refractivity contribution in [1.29, 1.82) is 0 Å². The fourth-order valence-corrected chi connectivity index (χ4v) is 1.00. The molecule has 0 unspecified atom stereocenters. The zero-order valence-electron chi connectivity index (χ0n) is 7.19. The van der Waals surface area contributed by atoms with Crippen molar-refractivity contribution in [2.75, 3.05) is 0 Å². The van der Waals surface area contributed by atoms with Gasteiger partial charge in [0.15, 0.2) is 0 Å². The molecule has 0 aliphatic rings. The number of hydrogen-bond donors (Lipinski definition) is 0. The third-order valence-corrected chi connectivity index (χ3v) is 1.63. The number of halogens is 4. The van der Waals surface area contributed by atoms with E-state index in [2.05, 4.69) is 4.74 Å². The maximum absolute atomic E-state index is 11.8. The van der Waals surface area contributed by atoms with Crippen LogP contribution in [0.3, 0.4) is 0 Å². The largest absolute Gasteiger partial charge is 0.615 e. The quantitative estimate of drug-likeness (QED) is 0.266. The Kier molecular flexibility index (Phi) is 3.08. The molecule has 88 valence electrons. The summed E-state index contributed by atoms with van der Waals surface area (Å²) < 4.78 is 38.2. The molecule has 0 saturated heterocycles. The standard InChI is InChI=1S/C6H2ClF3N2O4/c7-4-1-3(12(14)15)2-5(11(4)13)16-6(8,9)10/h1-2H. The van der Waals surface area contributed by atoms with Gasteiger partial charge in [-0.1, -0.05) is 0 Å². The first-order valence-corrected chi connectivity index (χ1v) is 3.92. The van der Waals surface area contributed by atoms with Crippen molar-refractivity contribution < 1.29 is 27.6 Å². The molecule has 1 heterocycles. The maximum Gasteiger partial charge on any atom is 0.577 e. The smallest absolute Gasteiger partial charge is 0.577 e. The van der Waals surface area contributed by atoms with Crippen LogP contribution >= 0.6 is 11.6 Å². The van der Waals surface area contributed by atoms with Crippen molar-refractivity contribution in [1.82, 2.24) is 0 Å². The molecular formula is C6H2ClF3N2O4. The van der Waals surface area contributed by atoms with Crippen LogP contribution in [0.25, 0.3) is 0 Å². The lowest BCUT2D eigenvalue weighted by atomic mass is 10.4. The first kappa shape index (κ1) is 12.3. The number of aromatic nitrogens is 1. The Bertz CT molecular complexity index is 437. The van der Waals surface area contributed by atoms with E-state index >= 15 is 0 Å². The van der Waals surface area contributed by atoms with Gasteiger partial charge in [-0.2, -0.15) is 0 Å². The number of nitrogens with zero attached hydrogens (tertiary/aromatic N) is 2. The van der Waals surface area contributed by atoms with Crippen LogP contribution < -0.4 is 9.47 Å². The van der Waals surface area contributed by atoms with Gasteiger partial charge in [0, 0.05) is 0 Å². The van der Waals surface area contributed by atoms with Crippen LogP contribution in [0.1, 0.15) is 0 Å². The molecule has 0 amide bonds. The number of pyridine rings is 1. The van der Waals surface area contributed by atoms with E-state index in [0.717, 1.165) is 0 Å². The summed E-state index contributed by atoms with van der Waals surface area (Å²) in [5, 5.41) is 20.4. The minimum absolute atomic E-state index is 0.326. The molecular weight excluding hydrogens is 257 g/mol. The molecule has 0 atom stereocenters. The Morgan fingerprint density at radius 1 is 1.44 bits per heavy atom. The third kappa shape index (κ3) is 2.86. The molecule has 1 aromatic heterocycles. The number of nitro groups is 1. The van der Waals surface area contributed by atoms with Crippen LogP contribution in [-0.2, 0) is 0 Å². The Labute approximate surface area is 90.5 Å². The number of hydrogen-bond acceptors (Lipinski definition) is 4. The van der Waals surface area contributed by atoms with Gasteiger partial charge in [0.05, 0.1) is 4.92 Å². The van der Waals surface area contributed by atoms with E-state index in [-0.39, 0.29) is 0 Å². The fraction of sp³-hybridized carbons (Fsp3) is 0.167. The Balaban J connectivity index is 3.22. The normalized spacial score (nSPS) is 11.2. The second-order valence-corrected chi connectivity index (χ2v) is 2.86. The molecule has 6 nitrogen and oxygen atoms in total. The van der Waals surface area contributed by atoms with Crippen LogP contribution in [0.4, 0.5) is 18.9 Å². The van der Waals surface area contributed by atoms with Gasteiger partial charge in [0.2, 0.25) is 0 Å². The van der Waals surface area contributed by atoms with Gasteiger partial charge in [-0.05, 0) is 11.6 Å². The lowest BCUT2D eigenvalue weighted by Crippen LogP contribution is -2.34. The van der Waals surface area contributed by atoms with Crippen molar-refractivity contribution in [2.45, 2.75) is 6.36 Å². The van der Waals surface area contributed by atoms with Gasteiger partial charge in [-0.25, -0.2) is 0 Å². The Hall–Kier alpha value is -1.77. The van der Waals surface area contributed by atoms with E-state index in [9.17, 15) is 28.5 Å². The van der Waals surface area contributed by atoms with E-state index in [1.807, 2.05) is 0 Å². The monoisotopic (exact) mass is 258 g/mol. The molecule has 0 fully saturated rings. The lowest BCUT2D eigenvalue weighted by molar-refractivity contribution is -0.618. The first-order chi connectivity index (χ1) is 7.20. The first-order valence-electron chi connectivity index (χ1n) is 3.54. The summed E-state index contributed by atoms with van der Waals surface area (Å²) in [7, 11) is 0. The average molecular weight is 259 g/mol. The van der Waals surface area contributed by atoms with Crippen LogP contribution in [-0.4, -0.2) is 11.3 Å². The summed E-state index contributed by atoms with van der Waals surface area (Å²) in [6, 6.07) is 0.935. The van der Waals surface area contributed by atoms with Gasteiger partial charge >= 0.3 is 12.2 Å². The van der Waals surface area contributed by atoms with Crippen LogP contribution in [0, 0.1) is 15.3 Å². The summed E-state index contributed by atoms with van der Waals surface area (Å²) in [5.41, 5.74) is -0.781. The molecule has 16 heavy (non-hydrogen) atoms. The summed E-state index contributed by atoms with van der Waals surface area (Å²) in [6.45, 7) is 0. The number of alkyl halides is 3. The fourth-order valence-electron chi connectivity index (χ4n) is 0.808. The summed E-state index contributed by atoms with van der Waals surface area (Å²) in [6.07, 6.45) is -5.13. The third-order valence-electron chi connectivity index (χ3n) is 1.36. The molecule has 10 heteroatoms. The van der Waals surface area contributed by atoms with Crippen molar-refractivity contribution in [3.8, 4) is 5.88 Å². The van der Waals surface area contributed by atoms with Gasteiger partial charge in [0.1, 0.15) is 12.1 Å². The maximum atomic E-state index is 11.8. The Morgan fingerprint density at radius 2 is 2.00 bits per heavy atom. The summed E-state index contributed by atoms with van der Waals surface area (Å²) in [4.78, 5) is 9.28. The highest BCUT2D eigenvalue weighted by molar-refractivity contribution is 6.28. The lowest BCUT2D eigenvalue weighted by Gasteiger charge is -2.08. The van der Waals surface area contributed by atoms with Gasteiger partial charge in [-0.3, -0.25) is 10.1 Å². The summed E-state index contributed by atoms with van der Waals surface area (Å²) in [5.74, 6) is -1.31. The molecule has 0 bridgehead atoms. The topological polar surface area (TPSA) is 79.3 Å². The van der Waals surface area contributed by atoms with Gasteiger partial charge in [0.25, 0.3) is 10.8 Å². The molecule has 1 aromatic rings. The van der Waals surface area contributed by atoms with Crippen molar-refractivity contribution in [3.05, 3.63) is 32.6 Å². The Morgan fingerprint density at radius 3 is 2.44 bits per heavy atom. The molecule has 0 N–H and O–H groups in total. The molecule has 1 rings (SSSR count). The highest BCUT2D eigenvalue weighted by Gasteiger charge is 2.36. The van der Waals surface area contributed by atoms with E-state index in [0.29, 0.717) is 12.1 Å². The van der Waals surface area contributed by atoms with E-state index in [4.69, 9.17) is 11.6 Å². The second-order valence-electron chi connectivity index (χ2n) is 2.47. The van der Waals surface area contributed by atoms with Crippen LogP contribution in [0.5, 0.6) is 5.88 Å². The van der Waals surface area contributed by atoms with Gasteiger partial charge < -0.3 is 9.94 Å². The molecule has 0 spiro atoms. The zero-order valence-corrected chi connectivity index (χ0v) is 7.95. The second kappa shape index (κ2) is 4.00. The van der Waals surface area contributed by atoms with Crippen molar-refractivity contribution in [2.24, 2.45) is 0 Å². The average Bonchev–Trinajstić information content (AvgIpc) is 2.10. The minimum Gasteiger partial charge on any atom is -0.615 e. The predicted molar refractivity (Wildman–Crippen MR) is 43.7 cm³/mol. The van der Waals surface area contributed by atoms with E-state index in [1.54, 1.807) is 0 Å². The summed E-state index contributed by atoms with van der Waals surface area (Å²) >= 11 is 5.19. The zero-order chi connectivity index (χ0) is 12.5. The van der Waals surface area contributed by atoms with Crippen molar-refractivity contribution >= 4 is 17.3 Å². The molecule has 0 aliphatic heterocycles. The number of ether oxygens (including phenoxy) is 1. The SMILES string of the molecule is O=[N+]([O-])c1cc(Cl)[n+]([O-])c(OC(F)(F)F)c1. The minimum atomic E-state index is -5.13. The van der Waals surface area contributed by atoms with Crippen LogP contribution in [0.2, 0.25) is 5.15 Å². The van der Waals surface area contributed by atoms with Crippen molar-refractivity contribution in [3.63, 3.8) is 0 Å². The van der Waals surface area contributed by atoms with E-state index in [1.165, 1.54) is 0 Å². The predicted octanol–water partition coefficient (Wildman–Crippen LogP) is 1.78. The van der Waals surface area contributed by atoms with E-state index < -0.39 is 32.7 Å². The molecule has 0 saturated carbocycles. The van der Waals surface area contributed by atoms with Gasteiger partial charge in [-0.15, -0.1) is 17.9 Å². The molecule has 0 aromatic carbocycles. The number of rotatable bonds is 2. The van der Waals surface area contributed by atoms with Crippen LogP contribution in [0.15, 0.2) is 12.1 Å². The molecule has 0 aliphatic carbocycles. The highest BCUT2D eigenvalue weighted by Crippen LogP contribution is 2.25. The highest BCUT2D eigenvalue weighted by atomic mass is 35.5.